The molecular formula is C19H24BrN3O4. The number of carbonyl (C=O) groups excluding carboxylic acids is 3. The van der Waals surface area contributed by atoms with Crippen LogP contribution >= 0.6 is 15.9 Å². The average Bonchev–Trinajstić information content (AvgIpc) is 3.17. The molecule has 1 aromatic rings. The number of nitrogens with zero attached hydrogens (tertiary/aromatic N) is 3. The third kappa shape index (κ3) is 4.50. The van der Waals surface area contributed by atoms with E-state index in [-0.39, 0.29) is 24.3 Å². The number of benzene rings is 1. The topological polar surface area (TPSA) is 70.2 Å². The summed E-state index contributed by atoms with van der Waals surface area (Å²) < 4.78 is 5.79. The Labute approximate surface area is 167 Å². The van der Waals surface area contributed by atoms with E-state index in [1.807, 2.05) is 12.1 Å². The highest BCUT2D eigenvalue weighted by Crippen LogP contribution is 2.23. The van der Waals surface area contributed by atoms with Crippen LogP contribution in [0.25, 0.3) is 0 Å². The Morgan fingerprint density at radius 3 is 2.30 bits per heavy atom. The molecule has 0 aliphatic carbocycles. The van der Waals surface area contributed by atoms with Gasteiger partial charge in [0.05, 0.1) is 0 Å². The summed E-state index contributed by atoms with van der Waals surface area (Å²) in [4.78, 5) is 42.9. The molecule has 0 saturated carbocycles. The SMILES string of the molecule is COCC(=O)N1CCN(C(=O)C2CCCN2C(=O)c2ccc(Br)cc2)CC1. The van der Waals surface area contributed by atoms with Gasteiger partial charge in [-0.05, 0) is 37.1 Å². The largest absolute Gasteiger partial charge is 0.375 e. The van der Waals surface area contributed by atoms with Gasteiger partial charge in [-0.15, -0.1) is 0 Å². The molecule has 1 aromatic carbocycles. The zero-order valence-corrected chi connectivity index (χ0v) is 17.0. The zero-order chi connectivity index (χ0) is 19.4. The van der Waals surface area contributed by atoms with E-state index in [2.05, 4.69) is 15.9 Å². The molecule has 0 spiro atoms. The van der Waals surface area contributed by atoms with Crippen LogP contribution in [0.15, 0.2) is 28.7 Å². The first-order chi connectivity index (χ1) is 13.0. The third-order valence-electron chi connectivity index (χ3n) is 5.10. The Bertz CT molecular complexity index is 701. The van der Waals surface area contributed by atoms with E-state index >= 15 is 0 Å². The van der Waals surface area contributed by atoms with Crippen LogP contribution in [0.4, 0.5) is 0 Å². The van der Waals surface area contributed by atoms with E-state index in [1.165, 1.54) is 7.11 Å². The second-order valence-corrected chi connectivity index (χ2v) is 7.72. The first-order valence-corrected chi connectivity index (χ1v) is 9.92. The van der Waals surface area contributed by atoms with E-state index in [0.29, 0.717) is 44.7 Å². The van der Waals surface area contributed by atoms with Gasteiger partial charge in [0, 0.05) is 49.9 Å². The van der Waals surface area contributed by atoms with E-state index < -0.39 is 6.04 Å². The van der Waals surface area contributed by atoms with E-state index in [9.17, 15) is 14.4 Å². The summed E-state index contributed by atoms with van der Waals surface area (Å²) >= 11 is 3.37. The number of rotatable bonds is 4. The minimum atomic E-state index is -0.414. The number of hydrogen-bond acceptors (Lipinski definition) is 4. The van der Waals surface area contributed by atoms with Crippen molar-refractivity contribution in [3.05, 3.63) is 34.3 Å². The minimum absolute atomic E-state index is 0.0168. The fraction of sp³-hybridized carbons (Fsp3) is 0.526. The van der Waals surface area contributed by atoms with E-state index in [1.54, 1.807) is 26.8 Å². The predicted molar refractivity (Wildman–Crippen MR) is 103 cm³/mol. The smallest absolute Gasteiger partial charge is 0.254 e. The minimum Gasteiger partial charge on any atom is -0.375 e. The fourth-order valence-electron chi connectivity index (χ4n) is 3.63. The van der Waals surface area contributed by atoms with Gasteiger partial charge >= 0.3 is 0 Å². The van der Waals surface area contributed by atoms with E-state index in [0.717, 1.165) is 10.9 Å². The molecule has 1 atom stereocenters. The average molecular weight is 438 g/mol. The van der Waals surface area contributed by atoms with E-state index in [4.69, 9.17) is 4.74 Å². The Balaban J connectivity index is 1.61. The summed E-state index contributed by atoms with van der Waals surface area (Å²) in [6, 6.07) is 6.79. The lowest BCUT2D eigenvalue weighted by Gasteiger charge is -2.37. The maximum atomic E-state index is 13.0. The molecule has 2 fully saturated rings. The Kier molecular flexibility index (Phi) is 6.49. The molecule has 3 rings (SSSR count). The van der Waals surface area contributed by atoms with Crippen molar-refractivity contribution in [2.75, 3.05) is 46.4 Å². The molecule has 0 radical (unpaired) electrons. The summed E-state index contributed by atoms with van der Waals surface area (Å²) in [5.74, 6) is -0.179. The molecule has 2 heterocycles. The number of methoxy groups -OCH3 is 1. The van der Waals surface area contributed by atoms with Gasteiger partial charge in [-0.2, -0.15) is 0 Å². The Hall–Kier alpha value is -1.93. The summed E-state index contributed by atoms with van der Waals surface area (Å²) in [5, 5.41) is 0. The number of halogens is 1. The highest BCUT2D eigenvalue weighted by atomic mass is 79.9. The lowest BCUT2D eigenvalue weighted by Crippen LogP contribution is -2.55. The summed E-state index contributed by atoms with van der Waals surface area (Å²) in [5.41, 5.74) is 0.591. The highest BCUT2D eigenvalue weighted by molar-refractivity contribution is 9.10. The van der Waals surface area contributed by atoms with Crippen molar-refractivity contribution < 1.29 is 19.1 Å². The predicted octanol–water partition coefficient (Wildman–Crippen LogP) is 1.37. The molecule has 27 heavy (non-hydrogen) atoms. The second-order valence-electron chi connectivity index (χ2n) is 6.80. The van der Waals surface area contributed by atoms with Crippen LogP contribution in [0.3, 0.4) is 0 Å². The zero-order valence-electron chi connectivity index (χ0n) is 15.4. The molecule has 2 saturated heterocycles. The number of carbonyl (C=O) groups is 3. The maximum absolute atomic E-state index is 13.0. The van der Waals surface area contributed by atoms with Crippen molar-refractivity contribution in [1.82, 2.24) is 14.7 Å². The highest BCUT2D eigenvalue weighted by Gasteiger charge is 2.38. The van der Waals surface area contributed by atoms with Crippen LogP contribution in [-0.4, -0.2) is 84.9 Å². The molecule has 2 aliphatic rings. The molecule has 7 nitrogen and oxygen atoms in total. The number of hydrogen-bond donors (Lipinski definition) is 0. The molecule has 3 amide bonds. The van der Waals surface area contributed by atoms with Gasteiger partial charge in [-0.25, -0.2) is 0 Å². The number of ether oxygens (including phenoxy) is 1. The molecular weight excluding hydrogens is 414 g/mol. The molecule has 0 N–H and O–H groups in total. The quantitative estimate of drug-likeness (QED) is 0.712. The van der Waals surface area contributed by atoms with Crippen LogP contribution in [0.2, 0.25) is 0 Å². The van der Waals surface area contributed by atoms with Crippen LogP contribution in [0.5, 0.6) is 0 Å². The standard InChI is InChI=1S/C19H24BrN3O4/c1-27-13-17(24)21-9-11-22(12-10-21)19(26)16-3-2-8-23(16)18(25)14-4-6-15(20)7-5-14/h4-7,16H,2-3,8-13H2,1H3. The first kappa shape index (κ1) is 19.8. The molecule has 1 unspecified atom stereocenters. The van der Waals surface area contributed by atoms with Crippen LogP contribution in [-0.2, 0) is 14.3 Å². The Morgan fingerprint density at radius 1 is 1.04 bits per heavy atom. The maximum Gasteiger partial charge on any atom is 0.254 e. The Morgan fingerprint density at radius 2 is 1.67 bits per heavy atom. The normalized spacial score (nSPS) is 20.1. The van der Waals surface area contributed by atoms with Crippen molar-refractivity contribution in [3.63, 3.8) is 0 Å². The number of amides is 3. The first-order valence-electron chi connectivity index (χ1n) is 9.13. The monoisotopic (exact) mass is 437 g/mol. The molecule has 2 aliphatic heterocycles. The fourth-order valence-corrected chi connectivity index (χ4v) is 3.89. The number of piperazine rings is 1. The number of likely N-dealkylation sites (tertiary alicyclic amines) is 1. The third-order valence-corrected chi connectivity index (χ3v) is 5.63. The molecule has 0 aromatic heterocycles. The van der Waals surface area contributed by atoms with Gasteiger partial charge in [0.15, 0.2) is 0 Å². The van der Waals surface area contributed by atoms with Crippen molar-refractivity contribution in [3.8, 4) is 0 Å². The van der Waals surface area contributed by atoms with Gasteiger partial charge in [0.1, 0.15) is 12.6 Å². The van der Waals surface area contributed by atoms with Crippen molar-refractivity contribution in [2.45, 2.75) is 18.9 Å². The van der Waals surface area contributed by atoms with Gasteiger partial charge in [-0.3, -0.25) is 14.4 Å². The van der Waals surface area contributed by atoms with Gasteiger partial charge < -0.3 is 19.4 Å². The van der Waals surface area contributed by atoms with Crippen LogP contribution in [0.1, 0.15) is 23.2 Å². The second kappa shape index (κ2) is 8.84. The van der Waals surface area contributed by atoms with Gasteiger partial charge in [0.25, 0.3) is 5.91 Å². The van der Waals surface area contributed by atoms with Gasteiger partial charge in [-0.1, -0.05) is 15.9 Å². The van der Waals surface area contributed by atoms with Crippen LogP contribution < -0.4 is 0 Å². The van der Waals surface area contributed by atoms with Crippen molar-refractivity contribution in [2.24, 2.45) is 0 Å². The molecule has 0 bridgehead atoms. The summed E-state index contributed by atoms with van der Waals surface area (Å²) in [7, 11) is 1.49. The molecule has 8 heteroatoms. The van der Waals surface area contributed by atoms with Crippen molar-refractivity contribution in [1.29, 1.82) is 0 Å². The summed E-state index contributed by atoms with van der Waals surface area (Å²) in [6.45, 7) is 2.64. The lowest BCUT2D eigenvalue weighted by atomic mass is 10.1. The lowest BCUT2D eigenvalue weighted by molar-refractivity contribution is -0.143. The summed E-state index contributed by atoms with van der Waals surface area (Å²) in [6.07, 6.45) is 1.51. The van der Waals surface area contributed by atoms with Gasteiger partial charge in [0.2, 0.25) is 11.8 Å². The molecule has 146 valence electrons. The van der Waals surface area contributed by atoms with Crippen LogP contribution in [0, 0.1) is 0 Å². The van der Waals surface area contributed by atoms with Crippen molar-refractivity contribution >= 4 is 33.7 Å².